The van der Waals surface area contributed by atoms with E-state index >= 15 is 0 Å². The maximum Gasteiger partial charge on any atom is 0.286 e. The van der Waals surface area contributed by atoms with Gasteiger partial charge in [-0.05, 0) is 57.1 Å². The molecular formula is C17H20ClN5O2S. The fraction of sp³-hybridized carbons (Fsp3) is 0.412. The van der Waals surface area contributed by atoms with Crippen LogP contribution < -0.4 is 10.6 Å². The van der Waals surface area contributed by atoms with Gasteiger partial charge in [-0.2, -0.15) is 0 Å². The Hall–Kier alpha value is -2.03. The summed E-state index contributed by atoms with van der Waals surface area (Å²) in [6, 6.07) is 6.81. The molecule has 0 radical (unpaired) electrons. The summed E-state index contributed by atoms with van der Waals surface area (Å²) in [5, 5.41) is 14.0. The molecule has 2 aromatic rings. The standard InChI is InChI=1S/C17H20ClN5O2S/c18-12-5-3-6-13(11-12)20-15(25)17-22-21-16(26-17)14(24)19-7-4-10-23-8-1-2-9-23/h3,5-6,11H,1-2,4,7-10H2,(H,19,24)(H,20,25). The fourth-order valence-corrected chi connectivity index (χ4v) is 3.59. The number of carbonyl (C=O) groups excluding carboxylic acids is 2. The molecule has 9 heteroatoms. The molecule has 2 N–H and O–H groups in total. The van der Waals surface area contributed by atoms with Crippen LogP contribution in [0.15, 0.2) is 24.3 Å². The number of anilines is 1. The maximum atomic E-state index is 12.2. The van der Waals surface area contributed by atoms with Gasteiger partial charge in [-0.3, -0.25) is 9.59 Å². The average Bonchev–Trinajstić information content (AvgIpc) is 3.30. The Kier molecular flexibility index (Phi) is 6.54. The SMILES string of the molecule is O=C(NCCCN1CCCC1)c1nnc(C(=O)Nc2cccc(Cl)c2)s1. The number of hydrogen-bond donors (Lipinski definition) is 2. The first-order valence-electron chi connectivity index (χ1n) is 8.53. The lowest BCUT2D eigenvalue weighted by Gasteiger charge is -2.13. The second-order valence-electron chi connectivity index (χ2n) is 6.04. The Labute approximate surface area is 160 Å². The smallest absolute Gasteiger partial charge is 0.286 e. The number of nitrogens with zero attached hydrogens (tertiary/aromatic N) is 3. The van der Waals surface area contributed by atoms with Crippen molar-refractivity contribution in [2.45, 2.75) is 19.3 Å². The summed E-state index contributed by atoms with van der Waals surface area (Å²) < 4.78 is 0. The molecule has 1 fully saturated rings. The molecule has 1 aromatic heterocycles. The van der Waals surface area contributed by atoms with E-state index in [0.717, 1.165) is 37.4 Å². The molecule has 0 saturated carbocycles. The van der Waals surface area contributed by atoms with Crippen molar-refractivity contribution in [1.82, 2.24) is 20.4 Å². The zero-order valence-corrected chi connectivity index (χ0v) is 15.8. The molecule has 26 heavy (non-hydrogen) atoms. The monoisotopic (exact) mass is 393 g/mol. The Balaban J connectivity index is 1.46. The minimum absolute atomic E-state index is 0.132. The van der Waals surface area contributed by atoms with Crippen LogP contribution >= 0.6 is 22.9 Å². The minimum atomic E-state index is -0.419. The highest BCUT2D eigenvalue weighted by molar-refractivity contribution is 7.15. The highest BCUT2D eigenvalue weighted by Gasteiger charge is 2.18. The number of aromatic nitrogens is 2. The maximum absolute atomic E-state index is 12.2. The summed E-state index contributed by atoms with van der Waals surface area (Å²) in [7, 11) is 0. The number of hydrogen-bond acceptors (Lipinski definition) is 6. The van der Waals surface area contributed by atoms with Gasteiger partial charge in [-0.1, -0.05) is 29.0 Å². The molecule has 1 aliphatic heterocycles. The van der Waals surface area contributed by atoms with Crippen molar-refractivity contribution in [3.8, 4) is 0 Å². The van der Waals surface area contributed by atoms with E-state index in [1.54, 1.807) is 24.3 Å². The predicted octanol–water partition coefficient (Wildman–Crippen LogP) is 2.66. The Morgan fingerprint density at radius 3 is 2.62 bits per heavy atom. The molecule has 0 aliphatic carbocycles. The van der Waals surface area contributed by atoms with Crippen LogP contribution in [0.5, 0.6) is 0 Å². The lowest BCUT2D eigenvalue weighted by molar-refractivity contribution is 0.0949. The van der Waals surface area contributed by atoms with E-state index in [1.165, 1.54) is 12.8 Å². The zero-order valence-electron chi connectivity index (χ0n) is 14.2. The molecule has 0 atom stereocenters. The van der Waals surface area contributed by atoms with Crippen molar-refractivity contribution in [1.29, 1.82) is 0 Å². The molecule has 1 saturated heterocycles. The van der Waals surface area contributed by atoms with Crippen LogP contribution in [-0.4, -0.2) is 53.1 Å². The molecule has 2 heterocycles. The summed E-state index contributed by atoms with van der Waals surface area (Å²) in [4.78, 5) is 26.7. The average molecular weight is 394 g/mol. The number of carbonyl (C=O) groups is 2. The molecule has 0 bridgehead atoms. The quantitative estimate of drug-likeness (QED) is 0.706. The number of benzene rings is 1. The van der Waals surface area contributed by atoms with Gasteiger partial charge in [-0.15, -0.1) is 10.2 Å². The van der Waals surface area contributed by atoms with E-state index in [4.69, 9.17) is 11.6 Å². The second kappa shape index (κ2) is 9.07. The number of likely N-dealkylation sites (tertiary alicyclic amines) is 1. The third kappa shape index (κ3) is 5.23. The molecule has 3 rings (SSSR count). The Morgan fingerprint density at radius 2 is 1.88 bits per heavy atom. The lowest BCUT2D eigenvalue weighted by atomic mass is 10.3. The number of rotatable bonds is 7. The van der Waals surface area contributed by atoms with E-state index in [0.29, 0.717) is 17.3 Å². The topological polar surface area (TPSA) is 87.2 Å². The van der Waals surface area contributed by atoms with Crippen LogP contribution in [0.3, 0.4) is 0 Å². The van der Waals surface area contributed by atoms with Gasteiger partial charge < -0.3 is 15.5 Å². The van der Waals surface area contributed by atoms with E-state index in [2.05, 4.69) is 25.7 Å². The van der Waals surface area contributed by atoms with Gasteiger partial charge in [0.2, 0.25) is 10.0 Å². The van der Waals surface area contributed by atoms with Gasteiger partial charge in [-0.25, -0.2) is 0 Å². The van der Waals surface area contributed by atoms with Crippen molar-refractivity contribution in [2.75, 3.05) is 31.5 Å². The molecule has 7 nitrogen and oxygen atoms in total. The van der Waals surface area contributed by atoms with Crippen molar-refractivity contribution in [2.24, 2.45) is 0 Å². The molecule has 138 valence electrons. The van der Waals surface area contributed by atoms with Crippen molar-refractivity contribution >= 4 is 40.4 Å². The summed E-state index contributed by atoms with van der Waals surface area (Å²) in [5.41, 5.74) is 0.561. The van der Waals surface area contributed by atoms with Crippen LogP contribution in [-0.2, 0) is 0 Å². The summed E-state index contributed by atoms with van der Waals surface area (Å²) >= 11 is 6.86. The highest BCUT2D eigenvalue weighted by atomic mass is 35.5. The first kappa shape index (κ1) is 18.8. The van der Waals surface area contributed by atoms with Gasteiger partial charge in [0.1, 0.15) is 0 Å². The van der Waals surface area contributed by atoms with E-state index in [1.807, 2.05) is 0 Å². The first-order chi connectivity index (χ1) is 12.6. The molecule has 2 amide bonds. The first-order valence-corrected chi connectivity index (χ1v) is 9.72. The van der Waals surface area contributed by atoms with Crippen molar-refractivity contribution < 1.29 is 9.59 Å². The third-order valence-corrected chi connectivity index (χ3v) is 5.19. The van der Waals surface area contributed by atoms with E-state index < -0.39 is 5.91 Å². The predicted molar refractivity (Wildman–Crippen MR) is 102 cm³/mol. The highest BCUT2D eigenvalue weighted by Crippen LogP contribution is 2.17. The van der Waals surface area contributed by atoms with E-state index in [9.17, 15) is 9.59 Å². The number of amides is 2. The second-order valence-corrected chi connectivity index (χ2v) is 7.45. The summed E-state index contributed by atoms with van der Waals surface area (Å²) in [6.45, 7) is 3.87. The van der Waals surface area contributed by atoms with Crippen LogP contribution in [0.2, 0.25) is 5.02 Å². The molecule has 0 unspecified atom stereocenters. The van der Waals surface area contributed by atoms with Crippen LogP contribution in [0, 0.1) is 0 Å². The number of nitrogens with one attached hydrogen (secondary N) is 2. The molecule has 0 spiro atoms. The summed E-state index contributed by atoms with van der Waals surface area (Å²) in [6.07, 6.45) is 3.42. The van der Waals surface area contributed by atoms with Gasteiger partial charge in [0.25, 0.3) is 11.8 Å². The fourth-order valence-electron chi connectivity index (χ4n) is 2.74. The van der Waals surface area contributed by atoms with Gasteiger partial charge in [0.15, 0.2) is 0 Å². The summed E-state index contributed by atoms with van der Waals surface area (Å²) in [5.74, 6) is -0.719. The van der Waals surface area contributed by atoms with Gasteiger partial charge in [0, 0.05) is 17.3 Å². The van der Waals surface area contributed by atoms with Crippen molar-refractivity contribution in [3.63, 3.8) is 0 Å². The van der Waals surface area contributed by atoms with Crippen LogP contribution in [0.1, 0.15) is 38.9 Å². The Morgan fingerprint density at radius 1 is 1.15 bits per heavy atom. The van der Waals surface area contributed by atoms with Crippen LogP contribution in [0.4, 0.5) is 5.69 Å². The van der Waals surface area contributed by atoms with Gasteiger partial charge >= 0.3 is 0 Å². The normalized spacial score (nSPS) is 14.3. The lowest BCUT2D eigenvalue weighted by Crippen LogP contribution is -2.28. The molecular weight excluding hydrogens is 374 g/mol. The van der Waals surface area contributed by atoms with Crippen molar-refractivity contribution in [3.05, 3.63) is 39.3 Å². The molecule has 1 aliphatic rings. The van der Waals surface area contributed by atoms with Crippen LogP contribution in [0.25, 0.3) is 0 Å². The molecule has 1 aromatic carbocycles. The third-order valence-electron chi connectivity index (χ3n) is 4.03. The van der Waals surface area contributed by atoms with Gasteiger partial charge in [0.05, 0.1) is 0 Å². The Bertz CT molecular complexity index is 776. The largest absolute Gasteiger partial charge is 0.350 e. The zero-order chi connectivity index (χ0) is 18.4. The minimum Gasteiger partial charge on any atom is -0.350 e. The number of halogens is 1. The van der Waals surface area contributed by atoms with E-state index in [-0.39, 0.29) is 15.9 Å².